The monoisotopic (exact) mass is 388 g/mol. The highest BCUT2D eigenvalue weighted by atomic mass is 35.5. The predicted molar refractivity (Wildman–Crippen MR) is 105 cm³/mol. The number of nitrogens with one attached hydrogen (secondary N) is 1. The normalized spacial score (nSPS) is 15.4. The van der Waals surface area contributed by atoms with E-state index in [1.807, 2.05) is 30.6 Å². The van der Waals surface area contributed by atoms with Crippen molar-refractivity contribution in [1.82, 2.24) is 15.0 Å². The van der Waals surface area contributed by atoms with E-state index in [1.165, 1.54) is 0 Å². The molecule has 0 saturated carbocycles. The van der Waals surface area contributed by atoms with Gasteiger partial charge in [0.2, 0.25) is 0 Å². The molecule has 1 fully saturated rings. The van der Waals surface area contributed by atoms with Crippen LogP contribution in [0, 0.1) is 0 Å². The summed E-state index contributed by atoms with van der Waals surface area (Å²) in [4.78, 5) is 14.6. The van der Waals surface area contributed by atoms with Crippen LogP contribution in [0.2, 0.25) is 10.0 Å². The van der Waals surface area contributed by atoms with Crippen molar-refractivity contribution < 1.29 is 5.11 Å². The summed E-state index contributed by atoms with van der Waals surface area (Å²) in [5.74, 6) is 1.68. The minimum absolute atomic E-state index is 0.187. The number of aliphatic hydroxyl groups is 1. The smallest absolute Gasteiger partial charge is 0.139 e. The van der Waals surface area contributed by atoms with E-state index >= 15 is 0 Å². The largest absolute Gasteiger partial charge is 0.393 e. The first-order chi connectivity index (χ1) is 12.6. The summed E-state index contributed by atoms with van der Waals surface area (Å²) in [6, 6.07) is 9.45. The van der Waals surface area contributed by atoms with Crippen LogP contribution in [0.25, 0.3) is 22.6 Å². The van der Waals surface area contributed by atoms with E-state index in [9.17, 15) is 5.11 Å². The number of piperidine rings is 1. The van der Waals surface area contributed by atoms with Gasteiger partial charge in [-0.1, -0.05) is 29.3 Å². The standard InChI is InChI=1S/C19H18Cl2N4O/c20-15-3-1-12(9-16(15)21)17-11-23-19(24-17)13-2-4-18(22-10-13)25-7-5-14(26)6-8-25/h1-4,9-11,14,26H,5-8H2,(H,23,24). The number of H-pyrrole nitrogens is 1. The number of nitrogens with zero attached hydrogens (tertiary/aromatic N) is 3. The molecule has 26 heavy (non-hydrogen) atoms. The van der Waals surface area contributed by atoms with Gasteiger partial charge in [-0.2, -0.15) is 0 Å². The molecule has 4 rings (SSSR count). The van der Waals surface area contributed by atoms with Gasteiger partial charge < -0.3 is 15.0 Å². The lowest BCUT2D eigenvalue weighted by Gasteiger charge is -2.30. The van der Waals surface area contributed by atoms with Gasteiger partial charge in [0.1, 0.15) is 11.6 Å². The lowest BCUT2D eigenvalue weighted by molar-refractivity contribution is 0.145. The Hall–Kier alpha value is -2.08. The van der Waals surface area contributed by atoms with Crippen LogP contribution in [0.5, 0.6) is 0 Å². The molecule has 3 aromatic rings. The molecule has 0 amide bonds. The van der Waals surface area contributed by atoms with Crippen molar-refractivity contribution in [1.29, 1.82) is 0 Å². The zero-order valence-corrected chi connectivity index (χ0v) is 15.5. The zero-order chi connectivity index (χ0) is 18.1. The molecule has 3 heterocycles. The van der Waals surface area contributed by atoms with Crippen LogP contribution in [0.1, 0.15) is 12.8 Å². The van der Waals surface area contributed by atoms with E-state index in [4.69, 9.17) is 23.2 Å². The van der Waals surface area contributed by atoms with Crippen LogP contribution < -0.4 is 4.90 Å². The fourth-order valence-corrected chi connectivity index (χ4v) is 3.38. The first-order valence-corrected chi connectivity index (χ1v) is 9.26. The Balaban J connectivity index is 1.53. The van der Waals surface area contributed by atoms with E-state index < -0.39 is 0 Å². The van der Waals surface area contributed by atoms with Gasteiger partial charge in [-0.15, -0.1) is 0 Å². The molecular formula is C19H18Cl2N4O. The number of aromatic amines is 1. The summed E-state index contributed by atoms with van der Waals surface area (Å²) < 4.78 is 0. The molecule has 1 saturated heterocycles. The number of aromatic nitrogens is 3. The van der Waals surface area contributed by atoms with E-state index in [1.54, 1.807) is 12.1 Å². The average Bonchev–Trinajstić information content (AvgIpc) is 3.15. The summed E-state index contributed by atoms with van der Waals surface area (Å²) in [5, 5.41) is 10.7. The molecule has 2 aromatic heterocycles. The fourth-order valence-electron chi connectivity index (χ4n) is 3.08. The van der Waals surface area contributed by atoms with Crippen LogP contribution in [-0.2, 0) is 0 Å². The molecule has 0 aliphatic carbocycles. The first kappa shape index (κ1) is 17.3. The number of imidazole rings is 1. The van der Waals surface area contributed by atoms with E-state index in [-0.39, 0.29) is 6.10 Å². The Morgan fingerprint density at radius 1 is 1.04 bits per heavy atom. The third kappa shape index (κ3) is 3.56. The highest BCUT2D eigenvalue weighted by Gasteiger charge is 2.18. The fraction of sp³-hybridized carbons (Fsp3) is 0.263. The number of rotatable bonds is 3. The lowest BCUT2D eigenvalue weighted by Crippen LogP contribution is -2.36. The number of hydrogen-bond donors (Lipinski definition) is 2. The summed E-state index contributed by atoms with van der Waals surface area (Å²) in [7, 11) is 0. The van der Waals surface area contributed by atoms with Gasteiger partial charge in [0.25, 0.3) is 0 Å². The van der Waals surface area contributed by atoms with E-state index in [0.29, 0.717) is 10.0 Å². The number of pyridine rings is 1. The number of halogens is 2. The average molecular weight is 389 g/mol. The van der Waals surface area contributed by atoms with Crippen LogP contribution in [0.3, 0.4) is 0 Å². The summed E-state index contributed by atoms with van der Waals surface area (Å²) in [6.07, 6.45) is 5.05. The maximum atomic E-state index is 9.62. The number of hydrogen-bond acceptors (Lipinski definition) is 4. The van der Waals surface area contributed by atoms with Gasteiger partial charge in [-0.3, -0.25) is 0 Å². The molecule has 0 spiro atoms. The molecular weight excluding hydrogens is 371 g/mol. The highest BCUT2D eigenvalue weighted by Crippen LogP contribution is 2.29. The van der Waals surface area contributed by atoms with Crippen molar-refractivity contribution in [2.75, 3.05) is 18.0 Å². The summed E-state index contributed by atoms with van der Waals surface area (Å²) >= 11 is 12.1. The topological polar surface area (TPSA) is 65.0 Å². The lowest BCUT2D eigenvalue weighted by atomic mass is 10.1. The summed E-state index contributed by atoms with van der Waals surface area (Å²) in [6.45, 7) is 1.66. The third-order valence-electron chi connectivity index (χ3n) is 4.60. The van der Waals surface area contributed by atoms with E-state index in [2.05, 4.69) is 19.9 Å². The zero-order valence-electron chi connectivity index (χ0n) is 14.0. The SMILES string of the molecule is OC1CCN(c2ccc(-c3nc(-c4ccc(Cl)c(Cl)c4)c[nH]3)cn2)CC1. The number of aliphatic hydroxyl groups excluding tert-OH is 1. The van der Waals surface area contributed by atoms with Gasteiger partial charge >= 0.3 is 0 Å². The van der Waals surface area contributed by atoms with Crippen LogP contribution >= 0.6 is 23.2 Å². The molecule has 7 heteroatoms. The molecule has 1 aliphatic heterocycles. The van der Waals surface area contributed by atoms with Gasteiger partial charge in [0.15, 0.2) is 0 Å². The Morgan fingerprint density at radius 2 is 1.81 bits per heavy atom. The predicted octanol–water partition coefficient (Wildman–Crippen LogP) is 4.41. The molecule has 1 aromatic carbocycles. The van der Waals surface area contributed by atoms with Gasteiger partial charge in [-0.05, 0) is 37.1 Å². The molecule has 134 valence electrons. The molecule has 0 unspecified atom stereocenters. The van der Waals surface area contributed by atoms with Crippen molar-refractivity contribution in [3.8, 4) is 22.6 Å². The minimum atomic E-state index is -0.187. The second kappa shape index (κ2) is 7.27. The van der Waals surface area contributed by atoms with Crippen LogP contribution in [0.4, 0.5) is 5.82 Å². The molecule has 5 nitrogen and oxygen atoms in total. The number of anilines is 1. The minimum Gasteiger partial charge on any atom is -0.393 e. The van der Waals surface area contributed by atoms with Gasteiger partial charge in [0, 0.05) is 36.6 Å². The number of benzene rings is 1. The summed E-state index contributed by atoms with van der Waals surface area (Å²) in [5.41, 5.74) is 2.61. The Bertz CT molecular complexity index is 902. The molecule has 0 bridgehead atoms. The van der Waals surface area contributed by atoms with Crippen LogP contribution in [0.15, 0.2) is 42.7 Å². The highest BCUT2D eigenvalue weighted by molar-refractivity contribution is 6.42. The third-order valence-corrected chi connectivity index (χ3v) is 5.34. The van der Waals surface area contributed by atoms with Crippen molar-refractivity contribution in [3.63, 3.8) is 0 Å². The second-order valence-electron chi connectivity index (χ2n) is 6.39. The van der Waals surface area contributed by atoms with Gasteiger partial charge in [0.05, 0.1) is 21.8 Å². The molecule has 0 atom stereocenters. The Kier molecular flexibility index (Phi) is 4.85. The second-order valence-corrected chi connectivity index (χ2v) is 7.20. The molecule has 2 N–H and O–H groups in total. The molecule has 1 aliphatic rings. The van der Waals surface area contributed by atoms with Crippen LogP contribution in [-0.4, -0.2) is 39.3 Å². The first-order valence-electron chi connectivity index (χ1n) is 8.50. The van der Waals surface area contributed by atoms with Crippen molar-refractivity contribution in [2.45, 2.75) is 18.9 Å². The van der Waals surface area contributed by atoms with Crippen molar-refractivity contribution in [2.24, 2.45) is 0 Å². The quantitative estimate of drug-likeness (QED) is 0.697. The van der Waals surface area contributed by atoms with E-state index in [0.717, 1.165) is 54.4 Å². The maximum absolute atomic E-state index is 9.62. The maximum Gasteiger partial charge on any atom is 0.139 e. The van der Waals surface area contributed by atoms with Crippen molar-refractivity contribution >= 4 is 29.0 Å². The van der Waals surface area contributed by atoms with Gasteiger partial charge in [-0.25, -0.2) is 9.97 Å². The Morgan fingerprint density at radius 3 is 2.50 bits per heavy atom. The van der Waals surface area contributed by atoms with Crippen molar-refractivity contribution in [3.05, 3.63) is 52.8 Å². The Labute approximate surface area is 161 Å². The molecule has 0 radical (unpaired) electrons.